The van der Waals surface area contributed by atoms with Gasteiger partial charge in [-0.25, -0.2) is 4.39 Å². The Morgan fingerprint density at radius 2 is 1.96 bits per heavy atom. The minimum absolute atomic E-state index is 0.0382. The second-order valence-electron chi connectivity index (χ2n) is 5.89. The molecule has 1 amide bonds. The average Bonchev–Trinajstić information content (AvgIpc) is 2.93. The van der Waals surface area contributed by atoms with Crippen molar-refractivity contribution in [3.63, 3.8) is 0 Å². The van der Waals surface area contributed by atoms with Crippen LogP contribution in [0.2, 0.25) is 5.22 Å². The molecule has 0 spiro atoms. The minimum Gasteiger partial charge on any atom is -0.440 e. The van der Waals surface area contributed by atoms with Crippen LogP contribution in [0, 0.1) is 5.82 Å². The van der Waals surface area contributed by atoms with E-state index in [1.54, 1.807) is 12.1 Å². The van der Waals surface area contributed by atoms with Crippen molar-refractivity contribution in [2.45, 2.75) is 26.1 Å². The van der Waals surface area contributed by atoms with Crippen LogP contribution >= 0.6 is 11.6 Å². The fourth-order valence-corrected chi connectivity index (χ4v) is 2.99. The number of halogens is 2. The molecule has 0 aliphatic carbocycles. The number of furan rings is 1. The summed E-state index contributed by atoms with van der Waals surface area (Å²) in [5, 5.41) is 2.71. The standard InChI is InChI=1S/C17H18ClFN2O3/c1-10-8-21(9-11(2)23-10)14-4-3-12(7-13(14)19)20-17(22)15-5-6-16(18)24-15/h3-7,10-11H,8-9H2,1-2H3,(H,20,22). The third kappa shape index (κ3) is 3.71. The summed E-state index contributed by atoms with van der Waals surface area (Å²) in [6, 6.07) is 7.54. The summed E-state index contributed by atoms with van der Waals surface area (Å²) in [7, 11) is 0. The van der Waals surface area contributed by atoms with E-state index in [2.05, 4.69) is 5.32 Å². The molecule has 1 N–H and O–H groups in total. The van der Waals surface area contributed by atoms with Crippen molar-refractivity contribution in [2.24, 2.45) is 0 Å². The number of hydrogen-bond acceptors (Lipinski definition) is 4. The van der Waals surface area contributed by atoms with Crippen LogP contribution in [0.3, 0.4) is 0 Å². The number of ether oxygens (including phenoxy) is 1. The van der Waals surface area contributed by atoms with E-state index >= 15 is 0 Å². The molecule has 1 aliphatic heterocycles. The lowest BCUT2D eigenvalue weighted by Crippen LogP contribution is -2.45. The Hall–Kier alpha value is -2.05. The Kier molecular flexibility index (Phi) is 4.78. The molecule has 2 unspecified atom stereocenters. The van der Waals surface area contributed by atoms with E-state index in [4.69, 9.17) is 20.8 Å². The van der Waals surface area contributed by atoms with Gasteiger partial charge in [-0.3, -0.25) is 4.79 Å². The summed E-state index contributed by atoms with van der Waals surface area (Å²) >= 11 is 5.64. The van der Waals surface area contributed by atoms with Gasteiger partial charge in [-0.05, 0) is 55.8 Å². The van der Waals surface area contributed by atoms with E-state index in [1.807, 2.05) is 18.7 Å². The summed E-state index contributed by atoms with van der Waals surface area (Å²) in [6.07, 6.45) is 0.0764. The number of amides is 1. The normalized spacial score (nSPS) is 20.9. The topological polar surface area (TPSA) is 54.7 Å². The third-order valence-corrected chi connectivity index (χ3v) is 3.97. The van der Waals surface area contributed by atoms with Crippen LogP contribution in [0.15, 0.2) is 34.7 Å². The molecular weight excluding hydrogens is 335 g/mol. The second kappa shape index (κ2) is 6.83. The zero-order chi connectivity index (χ0) is 17.3. The maximum absolute atomic E-state index is 14.5. The van der Waals surface area contributed by atoms with Crippen molar-refractivity contribution >= 4 is 28.9 Å². The zero-order valence-electron chi connectivity index (χ0n) is 13.4. The smallest absolute Gasteiger partial charge is 0.291 e. The van der Waals surface area contributed by atoms with Crippen LogP contribution < -0.4 is 10.2 Å². The van der Waals surface area contributed by atoms with Crippen LogP contribution in [0.4, 0.5) is 15.8 Å². The number of morpholine rings is 1. The molecule has 1 fully saturated rings. The van der Waals surface area contributed by atoms with Crippen molar-refractivity contribution in [3.8, 4) is 0 Å². The summed E-state index contributed by atoms with van der Waals surface area (Å²) in [5.74, 6) is -0.811. The maximum Gasteiger partial charge on any atom is 0.291 e. The monoisotopic (exact) mass is 352 g/mol. The first-order valence-electron chi connectivity index (χ1n) is 7.69. The van der Waals surface area contributed by atoms with Gasteiger partial charge in [0.05, 0.1) is 17.9 Å². The first kappa shape index (κ1) is 16.8. The Balaban J connectivity index is 1.74. The molecule has 1 aromatic heterocycles. The van der Waals surface area contributed by atoms with E-state index in [1.165, 1.54) is 18.2 Å². The molecule has 0 bridgehead atoms. The van der Waals surface area contributed by atoms with Crippen LogP contribution in [0.5, 0.6) is 0 Å². The Morgan fingerprint density at radius 3 is 2.54 bits per heavy atom. The SMILES string of the molecule is CC1CN(c2ccc(NC(=O)c3ccc(Cl)o3)cc2F)CC(C)O1. The van der Waals surface area contributed by atoms with Crippen LogP contribution in [-0.4, -0.2) is 31.2 Å². The molecule has 1 saturated heterocycles. The Bertz CT molecular complexity index is 739. The van der Waals surface area contributed by atoms with E-state index in [0.717, 1.165) is 0 Å². The van der Waals surface area contributed by atoms with Gasteiger partial charge in [0.1, 0.15) is 5.82 Å². The number of nitrogens with one attached hydrogen (secondary N) is 1. The number of carbonyl (C=O) groups is 1. The fraction of sp³-hybridized carbons (Fsp3) is 0.353. The number of anilines is 2. The molecule has 3 rings (SSSR count). The number of hydrogen-bond donors (Lipinski definition) is 1. The lowest BCUT2D eigenvalue weighted by Gasteiger charge is -2.37. The molecule has 7 heteroatoms. The molecule has 24 heavy (non-hydrogen) atoms. The second-order valence-corrected chi connectivity index (χ2v) is 6.26. The summed E-state index contributed by atoms with van der Waals surface area (Å²) in [6.45, 7) is 5.17. The van der Waals surface area contributed by atoms with Crippen molar-refractivity contribution in [1.82, 2.24) is 0 Å². The van der Waals surface area contributed by atoms with Gasteiger partial charge in [0.15, 0.2) is 11.0 Å². The van der Waals surface area contributed by atoms with Gasteiger partial charge < -0.3 is 19.4 Å². The zero-order valence-corrected chi connectivity index (χ0v) is 14.1. The molecule has 2 aromatic rings. The highest BCUT2D eigenvalue weighted by molar-refractivity contribution is 6.29. The lowest BCUT2D eigenvalue weighted by atomic mass is 10.2. The summed E-state index contributed by atoms with van der Waals surface area (Å²) in [5.41, 5.74) is 0.846. The van der Waals surface area contributed by atoms with Gasteiger partial charge in [0, 0.05) is 18.8 Å². The van der Waals surface area contributed by atoms with Gasteiger partial charge in [-0.15, -0.1) is 0 Å². The van der Waals surface area contributed by atoms with Gasteiger partial charge in [0.25, 0.3) is 5.91 Å². The van der Waals surface area contributed by atoms with E-state index in [0.29, 0.717) is 24.5 Å². The maximum atomic E-state index is 14.5. The van der Waals surface area contributed by atoms with Crippen LogP contribution in [-0.2, 0) is 4.74 Å². The first-order chi connectivity index (χ1) is 11.4. The minimum atomic E-state index is -0.484. The van der Waals surface area contributed by atoms with E-state index in [-0.39, 0.29) is 23.2 Å². The van der Waals surface area contributed by atoms with Crippen molar-refractivity contribution in [1.29, 1.82) is 0 Å². The molecule has 1 aliphatic rings. The predicted molar refractivity (Wildman–Crippen MR) is 90.3 cm³/mol. The van der Waals surface area contributed by atoms with E-state index < -0.39 is 11.7 Å². The number of benzene rings is 1. The molecule has 0 radical (unpaired) electrons. The van der Waals surface area contributed by atoms with Gasteiger partial charge in [-0.2, -0.15) is 0 Å². The number of rotatable bonds is 3. The van der Waals surface area contributed by atoms with Crippen molar-refractivity contribution < 1.29 is 18.3 Å². The predicted octanol–water partition coefficient (Wildman–Crippen LogP) is 3.94. The van der Waals surface area contributed by atoms with Gasteiger partial charge in [-0.1, -0.05) is 0 Å². The quantitative estimate of drug-likeness (QED) is 0.909. The number of carbonyl (C=O) groups excluding carboxylic acids is 1. The van der Waals surface area contributed by atoms with Gasteiger partial charge >= 0.3 is 0 Å². The molecule has 0 saturated carbocycles. The molecule has 2 heterocycles. The number of nitrogens with zero attached hydrogens (tertiary/aromatic N) is 1. The highest BCUT2D eigenvalue weighted by atomic mass is 35.5. The molecule has 2 atom stereocenters. The van der Waals surface area contributed by atoms with Gasteiger partial charge in [0.2, 0.25) is 0 Å². The molecule has 128 valence electrons. The fourth-order valence-electron chi connectivity index (χ4n) is 2.84. The Morgan fingerprint density at radius 1 is 1.25 bits per heavy atom. The third-order valence-electron chi connectivity index (χ3n) is 3.76. The van der Waals surface area contributed by atoms with Crippen LogP contribution in [0.25, 0.3) is 0 Å². The average molecular weight is 353 g/mol. The van der Waals surface area contributed by atoms with Crippen LogP contribution in [0.1, 0.15) is 24.4 Å². The summed E-state index contributed by atoms with van der Waals surface area (Å²) in [4.78, 5) is 13.9. The van der Waals surface area contributed by atoms with Crippen molar-refractivity contribution in [2.75, 3.05) is 23.3 Å². The summed E-state index contributed by atoms with van der Waals surface area (Å²) < 4.78 is 25.2. The molecule has 1 aromatic carbocycles. The highest BCUT2D eigenvalue weighted by Crippen LogP contribution is 2.26. The van der Waals surface area contributed by atoms with E-state index in [9.17, 15) is 9.18 Å². The lowest BCUT2D eigenvalue weighted by molar-refractivity contribution is -0.00539. The Labute approximate surface area is 144 Å². The first-order valence-corrected chi connectivity index (χ1v) is 8.07. The molecular formula is C17H18ClFN2O3. The highest BCUT2D eigenvalue weighted by Gasteiger charge is 2.24. The largest absolute Gasteiger partial charge is 0.440 e. The molecule has 5 nitrogen and oxygen atoms in total. The van der Waals surface area contributed by atoms with Crippen molar-refractivity contribution in [3.05, 3.63) is 47.1 Å².